The van der Waals surface area contributed by atoms with E-state index in [2.05, 4.69) is 4.98 Å². The van der Waals surface area contributed by atoms with Gasteiger partial charge in [-0.25, -0.2) is 4.79 Å². The number of aromatic carboxylic acids is 1. The maximum Gasteiger partial charge on any atom is 0.336 e. The number of hydrogen-bond donors (Lipinski definition) is 1. The summed E-state index contributed by atoms with van der Waals surface area (Å²) in [5.41, 5.74) is 0.615. The molecule has 17 heavy (non-hydrogen) atoms. The van der Waals surface area contributed by atoms with Gasteiger partial charge in [-0.15, -0.1) is 0 Å². The van der Waals surface area contributed by atoms with E-state index < -0.39 is 5.97 Å². The van der Waals surface area contributed by atoms with E-state index >= 15 is 0 Å². The minimum atomic E-state index is -1.02. The molecule has 0 aliphatic heterocycles. The molecule has 0 saturated heterocycles. The predicted octanol–water partition coefficient (Wildman–Crippen LogP) is 1.75. The van der Waals surface area contributed by atoms with E-state index in [1.54, 1.807) is 19.1 Å². The second kappa shape index (κ2) is 6.42. The molecule has 0 atom stereocenters. The molecule has 5 nitrogen and oxygen atoms in total. The van der Waals surface area contributed by atoms with Gasteiger partial charge in [-0.3, -0.25) is 9.78 Å². The van der Waals surface area contributed by atoms with Crippen molar-refractivity contribution in [1.29, 1.82) is 0 Å². The zero-order valence-corrected chi connectivity index (χ0v) is 9.42. The van der Waals surface area contributed by atoms with Gasteiger partial charge in [-0.1, -0.05) is 12.2 Å². The Hall–Kier alpha value is -2.17. The second-order valence-corrected chi connectivity index (χ2v) is 3.18. The topological polar surface area (TPSA) is 76.5 Å². The van der Waals surface area contributed by atoms with E-state index in [4.69, 9.17) is 9.84 Å². The smallest absolute Gasteiger partial charge is 0.336 e. The van der Waals surface area contributed by atoms with Crippen molar-refractivity contribution in [1.82, 2.24) is 4.98 Å². The Bertz CT molecular complexity index is 440. The molecule has 0 bridgehead atoms. The molecule has 0 unspecified atom stereocenters. The van der Waals surface area contributed by atoms with Crippen molar-refractivity contribution in [2.75, 3.05) is 6.61 Å². The Labute approximate surface area is 98.7 Å². The summed E-state index contributed by atoms with van der Waals surface area (Å²) in [5, 5.41) is 8.91. The molecule has 0 spiro atoms. The fourth-order valence-corrected chi connectivity index (χ4v) is 1.24. The maximum atomic E-state index is 11.0. The maximum absolute atomic E-state index is 11.0. The summed E-state index contributed by atoms with van der Waals surface area (Å²) < 4.78 is 4.74. The molecule has 1 aromatic heterocycles. The molecule has 0 fully saturated rings. The van der Waals surface area contributed by atoms with Gasteiger partial charge >= 0.3 is 11.9 Å². The first kappa shape index (κ1) is 12.9. The van der Waals surface area contributed by atoms with Gasteiger partial charge < -0.3 is 9.84 Å². The van der Waals surface area contributed by atoms with Crippen LogP contribution in [0.3, 0.4) is 0 Å². The first-order chi connectivity index (χ1) is 8.15. The van der Waals surface area contributed by atoms with Gasteiger partial charge in [0.1, 0.15) is 0 Å². The van der Waals surface area contributed by atoms with Crippen LogP contribution in [0.4, 0.5) is 0 Å². The zero-order valence-electron chi connectivity index (χ0n) is 9.42. The van der Waals surface area contributed by atoms with E-state index in [-0.39, 0.29) is 18.0 Å². The summed E-state index contributed by atoms with van der Waals surface area (Å²) in [7, 11) is 0. The molecule has 0 radical (unpaired) electrons. The molecule has 0 saturated carbocycles. The molecule has 0 aromatic carbocycles. The number of esters is 1. The fraction of sp³-hybridized carbons (Fsp3) is 0.250. The van der Waals surface area contributed by atoms with E-state index in [1.807, 2.05) is 0 Å². The third-order valence-electron chi connectivity index (χ3n) is 1.97. The van der Waals surface area contributed by atoms with Crippen molar-refractivity contribution in [3.8, 4) is 0 Å². The molecule has 1 heterocycles. The number of carbonyl (C=O) groups excluding carboxylic acids is 1. The largest absolute Gasteiger partial charge is 0.478 e. The van der Waals surface area contributed by atoms with Crippen LogP contribution in [0, 0.1) is 0 Å². The number of carboxylic acids is 1. The summed E-state index contributed by atoms with van der Waals surface area (Å²) >= 11 is 0. The lowest BCUT2D eigenvalue weighted by Gasteiger charge is -1.99. The quantitative estimate of drug-likeness (QED) is 0.787. The van der Waals surface area contributed by atoms with Crippen molar-refractivity contribution in [3.63, 3.8) is 0 Å². The van der Waals surface area contributed by atoms with Crippen LogP contribution in [0.15, 0.2) is 24.5 Å². The van der Waals surface area contributed by atoms with E-state index in [0.29, 0.717) is 12.2 Å². The van der Waals surface area contributed by atoms with Gasteiger partial charge in [-0.2, -0.15) is 0 Å². The SMILES string of the molecule is CCOC(=O)CC=Cc1cnccc1C(=O)O. The number of aromatic nitrogens is 1. The number of rotatable bonds is 5. The number of ether oxygens (including phenoxy) is 1. The van der Waals surface area contributed by atoms with Crippen molar-refractivity contribution in [3.05, 3.63) is 35.7 Å². The highest BCUT2D eigenvalue weighted by Crippen LogP contribution is 2.09. The predicted molar refractivity (Wildman–Crippen MR) is 61.5 cm³/mol. The molecule has 5 heteroatoms. The lowest BCUT2D eigenvalue weighted by Crippen LogP contribution is -2.02. The van der Waals surface area contributed by atoms with Crippen LogP contribution in [0.2, 0.25) is 0 Å². The number of nitrogens with zero attached hydrogens (tertiary/aromatic N) is 1. The summed E-state index contributed by atoms with van der Waals surface area (Å²) in [6.07, 6.45) is 6.06. The molecule has 1 aromatic rings. The monoisotopic (exact) mass is 235 g/mol. The molecule has 90 valence electrons. The zero-order chi connectivity index (χ0) is 12.7. The van der Waals surface area contributed by atoms with Crippen molar-refractivity contribution in [2.24, 2.45) is 0 Å². The minimum Gasteiger partial charge on any atom is -0.478 e. The van der Waals surface area contributed by atoms with Gasteiger partial charge in [0.05, 0.1) is 18.6 Å². The van der Waals surface area contributed by atoms with Crippen molar-refractivity contribution >= 4 is 18.0 Å². The molecule has 1 rings (SSSR count). The highest BCUT2D eigenvalue weighted by Gasteiger charge is 2.06. The highest BCUT2D eigenvalue weighted by atomic mass is 16.5. The van der Waals surface area contributed by atoms with Gasteiger partial charge in [0.25, 0.3) is 0 Å². The van der Waals surface area contributed by atoms with E-state index in [1.165, 1.54) is 18.5 Å². The van der Waals surface area contributed by atoms with E-state index in [9.17, 15) is 9.59 Å². The third kappa shape index (κ3) is 4.06. The van der Waals surface area contributed by atoms with Crippen LogP contribution in [0.1, 0.15) is 29.3 Å². The Morgan fingerprint density at radius 1 is 1.53 bits per heavy atom. The van der Waals surface area contributed by atoms with Gasteiger partial charge in [0.15, 0.2) is 0 Å². The Kier molecular flexibility index (Phi) is 4.87. The molecule has 0 aliphatic rings. The number of pyridine rings is 1. The van der Waals surface area contributed by atoms with E-state index in [0.717, 1.165) is 0 Å². The Morgan fingerprint density at radius 3 is 2.94 bits per heavy atom. The number of carbonyl (C=O) groups is 2. The summed E-state index contributed by atoms with van der Waals surface area (Å²) in [4.78, 5) is 25.7. The third-order valence-corrected chi connectivity index (χ3v) is 1.97. The molecular weight excluding hydrogens is 222 g/mol. The Morgan fingerprint density at radius 2 is 2.29 bits per heavy atom. The van der Waals surface area contributed by atoms with Crippen LogP contribution in [0.25, 0.3) is 6.08 Å². The average molecular weight is 235 g/mol. The van der Waals surface area contributed by atoms with Gasteiger partial charge in [0, 0.05) is 18.0 Å². The first-order valence-electron chi connectivity index (χ1n) is 5.14. The van der Waals surface area contributed by atoms with Crippen LogP contribution >= 0.6 is 0 Å². The van der Waals surface area contributed by atoms with Crippen LogP contribution in [-0.4, -0.2) is 28.6 Å². The number of hydrogen-bond acceptors (Lipinski definition) is 4. The number of carboxylic acid groups (broad SMARTS) is 1. The van der Waals surface area contributed by atoms with Crippen LogP contribution in [-0.2, 0) is 9.53 Å². The van der Waals surface area contributed by atoms with Gasteiger partial charge in [0.2, 0.25) is 0 Å². The average Bonchev–Trinajstić information content (AvgIpc) is 2.30. The first-order valence-corrected chi connectivity index (χ1v) is 5.14. The standard InChI is InChI=1S/C12H13NO4/c1-2-17-11(14)5-3-4-9-8-13-7-6-10(9)12(15)16/h3-4,6-8H,2,5H2,1H3,(H,15,16). The lowest BCUT2D eigenvalue weighted by atomic mass is 10.1. The summed E-state index contributed by atoms with van der Waals surface area (Å²) in [6.45, 7) is 2.06. The minimum absolute atomic E-state index is 0.113. The second-order valence-electron chi connectivity index (χ2n) is 3.18. The van der Waals surface area contributed by atoms with Crippen LogP contribution in [0.5, 0.6) is 0 Å². The molecule has 0 aliphatic carbocycles. The molecular formula is C12H13NO4. The van der Waals surface area contributed by atoms with Gasteiger partial charge in [-0.05, 0) is 13.0 Å². The highest BCUT2D eigenvalue weighted by molar-refractivity contribution is 5.92. The van der Waals surface area contributed by atoms with Crippen LogP contribution < -0.4 is 0 Å². The summed E-state index contributed by atoms with van der Waals surface area (Å²) in [5.74, 6) is -1.37. The molecule has 0 amide bonds. The van der Waals surface area contributed by atoms with Crippen molar-refractivity contribution < 1.29 is 19.4 Å². The Balaban J connectivity index is 2.71. The lowest BCUT2D eigenvalue weighted by molar-refractivity contribution is -0.142. The summed E-state index contributed by atoms with van der Waals surface area (Å²) in [6, 6.07) is 1.41. The normalized spacial score (nSPS) is 10.4. The molecule has 1 N–H and O–H groups in total. The van der Waals surface area contributed by atoms with Crippen molar-refractivity contribution in [2.45, 2.75) is 13.3 Å². The fourth-order valence-electron chi connectivity index (χ4n) is 1.24.